The number of nitrogens with one attached hydrogen (secondary N) is 2. The fraction of sp³-hybridized carbons (Fsp3) is 0.389. The van der Waals surface area contributed by atoms with E-state index >= 15 is 0 Å². The lowest BCUT2D eigenvalue weighted by Crippen LogP contribution is -2.37. The third-order valence-electron chi connectivity index (χ3n) is 3.54. The van der Waals surface area contributed by atoms with Gasteiger partial charge in [0.25, 0.3) is 0 Å². The van der Waals surface area contributed by atoms with Crippen LogP contribution in [0.2, 0.25) is 0 Å². The van der Waals surface area contributed by atoms with Crippen molar-refractivity contribution in [1.29, 1.82) is 0 Å². The maximum absolute atomic E-state index is 9.89. The van der Waals surface area contributed by atoms with Crippen LogP contribution in [0.3, 0.4) is 0 Å². The van der Waals surface area contributed by atoms with E-state index in [0.717, 1.165) is 24.3 Å². The fourth-order valence-electron chi connectivity index (χ4n) is 2.18. The number of methoxy groups -OCH3 is 1. The lowest BCUT2D eigenvalue weighted by Gasteiger charge is -2.13. The number of aromatic hydroxyl groups is 1. The van der Waals surface area contributed by atoms with Gasteiger partial charge in [0.1, 0.15) is 23.9 Å². The standard InChI is InChI=1S/C18H25N3O4/c1-19-18(20-8-4-9-24-13-16-5-3-10-25-16)21-12-14-11-15(23-2)6-7-17(14)22/h3,5-7,10-11,22H,4,8-9,12-13H2,1-2H3,(H2,19,20,21). The van der Waals surface area contributed by atoms with Gasteiger partial charge in [0.15, 0.2) is 5.96 Å². The van der Waals surface area contributed by atoms with E-state index in [1.807, 2.05) is 12.1 Å². The third kappa shape index (κ3) is 6.39. The van der Waals surface area contributed by atoms with Crippen LogP contribution in [0.1, 0.15) is 17.7 Å². The lowest BCUT2D eigenvalue weighted by atomic mass is 10.2. The summed E-state index contributed by atoms with van der Waals surface area (Å²) in [6.45, 7) is 2.27. The Labute approximate surface area is 147 Å². The molecule has 0 aliphatic heterocycles. The average Bonchev–Trinajstić information content (AvgIpc) is 3.15. The number of benzene rings is 1. The van der Waals surface area contributed by atoms with Crippen molar-refractivity contribution in [3.8, 4) is 11.5 Å². The molecule has 1 aromatic heterocycles. The zero-order chi connectivity index (χ0) is 17.9. The smallest absolute Gasteiger partial charge is 0.191 e. The number of phenols is 1. The molecule has 0 aliphatic carbocycles. The molecule has 7 heteroatoms. The zero-order valence-corrected chi connectivity index (χ0v) is 14.6. The molecule has 0 saturated carbocycles. The van der Waals surface area contributed by atoms with Crippen LogP contribution in [0.4, 0.5) is 0 Å². The summed E-state index contributed by atoms with van der Waals surface area (Å²) in [6, 6.07) is 8.85. The molecule has 0 atom stereocenters. The van der Waals surface area contributed by atoms with Crippen LogP contribution in [0.5, 0.6) is 11.5 Å². The van der Waals surface area contributed by atoms with Crippen molar-refractivity contribution in [3.05, 3.63) is 47.9 Å². The molecule has 2 aromatic rings. The van der Waals surface area contributed by atoms with Crippen LogP contribution in [0, 0.1) is 0 Å². The van der Waals surface area contributed by atoms with Gasteiger partial charge in [-0.25, -0.2) is 0 Å². The van der Waals surface area contributed by atoms with E-state index < -0.39 is 0 Å². The van der Waals surface area contributed by atoms with Gasteiger partial charge in [-0.2, -0.15) is 0 Å². The molecule has 0 aliphatic rings. The first-order valence-corrected chi connectivity index (χ1v) is 8.13. The van der Waals surface area contributed by atoms with Gasteiger partial charge < -0.3 is 29.6 Å². The highest BCUT2D eigenvalue weighted by Crippen LogP contribution is 2.22. The number of hydrogen-bond acceptors (Lipinski definition) is 5. The maximum Gasteiger partial charge on any atom is 0.191 e. The van der Waals surface area contributed by atoms with Crippen molar-refractivity contribution in [2.24, 2.45) is 4.99 Å². The minimum absolute atomic E-state index is 0.218. The number of ether oxygens (including phenoxy) is 2. The summed E-state index contributed by atoms with van der Waals surface area (Å²) in [5.74, 6) is 2.40. The summed E-state index contributed by atoms with van der Waals surface area (Å²) in [7, 11) is 3.30. The number of hydrogen-bond donors (Lipinski definition) is 3. The number of nitrogens with zero attached hydrogens (tertiary/aromatic N) is 1. The molecule has 1 heterocycles. The van der Waals surface area contributed by atoms with Gasteiger partial charge in [-0.05, 0) is 36.8 Å². The van der Waals surface area contributed by atoms with Gasteiger partial charge in [0.05, 0.1) is 13.4 Å². The van der Waals surface area contributed by atoms with Gasteiger partial charge in [-0.1, -0.05) is 0 Å². The predicted molar refractivity (Wildman–Crippen MR) is 95.8 cm³/mol. The van der Waals surface area contributed by atoms with E-state index in [1.165, 1.54) is 0 Å². The van der Waals surface area contributed by atoms with Gasteiger partial charge in [0.2, 0.25) is 0 Å². The molecule has 2 rings (SSSR count). The summed E-state index contributed by atoms with van der Waals surface area (Å²) in [5, 5.41) is 16.3. The second kappa shape index (κ2) is 10.2. The van der Waals surface area contributed by atoms with Crippen LogP contribution in [0.25, 0.3) is 0 Å². The Morgan fingerprint density at radius 2 is 2.16 bits per heavy atom. The van der Waals surface area contributed by atoms with E-state index in [4.69, 9.17) is 13.9 Å². The van der Waals surface area contributed by atoms with Crippen LogP contribution in [-0.2, 0) is 17.9 Å². The summed E-state index contributed by atoms with van der Waals surface area (Å²) in [6.07, 6.45) is 2.47. The van der Waals surface area contributed by atoms with E-state index in [2.05, 4.69) is 15.6 Å². The SMILES string of the molecule is CN=C(NCCCOCc1ccco1)NCc1cc(OC)ccc1O. The first kappa shape index (κ1) is 18.7. The maximum atomic E-state index is 9.89. The molecule has 0 spiro atoms. The molecular formula is C18H25N3O4. The molecule has 3 N–H and O–H groups in total. The molecule has 0 amide bonds. The molecule has 0 fully saturated rings. The average molecular weight is 347 g/mol. The van der Waals surface area contributed by atoms with Crippen molar-refractivity contribution in [3.63, 3.8) is 0 Å². The summed E-state index contributed by atoms with van der Waals surface area (Å²) in [4.78, 5) is 4.16. The Morgan fingerprint density at radius 1 is 1.28 bits per heavy atom. The highest BCUT2D eigenvalue weighted by Gasteiger charge is 2.05. The number of phenolic OH excluding ortho intramolecular Hbond substituents is 1. The van der Waals surface area contributed by atoms with Crippen molar-refractivity contribution < 1.29 is 19.0 Å². The Kier molecular flexibility index (Phi) is 7.65. The fourth-order valence-corrected chi connectivity index (χ4v) is 2.18. The quantitative estimate of drug-likeness (QED) is 0.366. The highest BCUT2D eigenvalue weighted by atomic mass is 16.5. The molecule has 136 valence electrons. The lowest BCUT2D eigenvalue weighted by molar-refractivity contribution is 0.105. The van der Waals surface area contributed by atoms with Gasteiger partial charge >= 0.3 is 0 Å². The van der Waals surface area contributed by atoms with Crippen LogP contribution in [-0.4, -0.2) is 38.4 Å². The first-order valence-electron chi connectivity index (χ1n) is 8.13. The Bertz CT molecular complexity index is 656. The number of rotatable bonds is 9. The Balaban J connectivity index is 1.65. The molecule has 0 unspecified atom stereocenters. The third-order valence-corrected chi connectivity index (χ3v) is 3.54. The second-order valence-electron chi connectivity index (χ2n) is 5.33. The van der Waals surface area contributed by atoms with Crippen molar-refractivity contribution in [2.75, 3.05) is 27.3 Å². The van der Waals surface area contributed by atoms with Gasteiger partial charge in [-0.15, -0.1) is 0 Å². The molecule has 0 bridgehead atoms. The van der Waals surface area contributed by atoms with E-state index in [9.17, 15) is 5.11 Å². The molecule has 1 aromatic carbocycles. The van der Waals surface area contributed by atoms with Crippen molar-refractivity contribution >= 4 is 5.96 Å². The number of guanidine groups is 1. The molecule has 0 saturated heterocycles. The van der Waals surface area contributed by atoms with Gasteiger partial charge in [-0.3, -0.25) is 4.99 Å². The molecular weight excluding hydrogens is 322 g/mol. The topological polar surface area (TPSA) is 88.3 Å². The summed E-state index contributed by atoms with van der Waals surface area (Å²) in [5.41, 5.74) is 0.740. The van der Waals surface area contributed by atoms with E-state index in [1.54, 1.807) is 38.6 Å². The Morgan fingerprint density at radius 3 is 2.88 bits per heavy atom. The van der Waals surface area contributed by atoms with E-state index in [-0.39, 0.29) is 5.75 Å². The van der Waals surface area contributed by atoms with Crippen LogP contribution in [0.15, 0.2) is 46.0 Å². The first-order chi connectivity index (χ1) is 12.2. The summed E-state index contributed by atoms with van der Waals surface area (Å²) >= 11 is 0. The van der Waals surface area contributed by atoms with Gasteiger partial charge in [0, 0.05) is 32.3 Å². The van der Waals surface area contributed by atoms with Crippen LogP contribution >= 0.6 is 0 Å². The minimum Gasteiger partial charge on any atom is -0.508 e. The van der Waals surface area contributed by atoms with Crippen molar-refractivity contribution in [2.45, 2.75) is 19.6 Å². The zero-order valence-electron chi connectivity index (χ0n) is 14.6. The second-order valence-corrected chi connectivity index (χ2v) is 5.33. The number of furan rings is 1. The Hall–Kier alpha value is -2.67. The highest BCUT2D eigenvalue weighted by molar-refractivity contribution is 5.79. The molecule has 0 radical (unpaired) electrons. The van der Waals surface area contributed by atoms with E-state index in [0.29, 0.717) is 31.5 Å². The molecule has 25 heavy (non-hydrogen) atoms. The van der Waals surface area contributed by atoms with Crippen molar-refractivity contribution in [1.82, 2.24) is 10.6 Å². The van der Waals surface area contributed by atoms with Crippen LogP contribution < -0.4 is 15.4 Å². The predicted octanol–water partition coefficient (Wildman–Crippen LogP) is 2.27. The largest absolute Gasteiger partial charge is 0.508 e. The number of aliphatic imine (C=N–C) groups is 1. The normalized spacial score (nSPS) is 11.4. The monoisotopic (exact) mass is 347 g/mol. The molecule has 7 nitrogen and oxygen atoms in total. The summed E-state index contributed by atoms with van der Waals surface area (Å²) < 4.78 is 15.9. The minimum atomic E-state index is 0.218.